The molecule has 3 heterocycles. The zero-order valence-corrected chi connectivity index (χ0v) is 13.1. The fraction of sp³-hybridized carbons (Fsp3) is 0.333. The van der Waals surface area contributed by atoms with Gasteiger partial charge in [-0.3, -0.25) is 9.59 Å². The van der Waals surface area contributed by atoms with Crippen LogP contribution in [0.1, 0.15) is 0 Å². The number of benzene rings is 1. The van der Waals surface area contributed by atoms with Gasteiger partial charge in [0, 0.05) is 3.57 Å². The molecule has 21 heavy (non-hydrogen) atoms. The van der Waals surface area contributed by atoms with Crippen LogP contribution in [0.25, 0.3) is 0 Å². The summed E-state index contributed by atoms with van der Waals surface area (Å²) < 4.78 is 6.54. The zero-order valence-electron chi connectivity index (χ0n) is 10.9. The maximum absolute atomic E-state index is 12.8. The van der Waals surface area contributed by atoms with Crippen molar-refractivity contribution in [3.63, 3.8) is 0 Å². The molecule has 0 aliphatic carbocycles. The van der Waals surface area contributed by atoms with Crippen LogP contribution in [0.15, 0.2) is 36.4 Å². The number of aliphatic hydroxyl groups is 1. The molecule has 0 spiro atoms. The van der Waals surface area contributed by atoms with Crippen molar-refractivity contribution in [2.24, 2.45) is 11.8 Å². The minimum absolute atomic E-state index is 0.237. The number of ether oxygens (including phenoxy) is 1. The van der Waals surface area contributed by atoms with Gasteiger partial charge in [-0.25, -0.2) is 4.90 Å². The van der Waals surface area contributed by atoms with Crippen LogP contribution in [0.3, 0.4) is 0 Å². The average Bonchev–Trinajstić information content (AvgIpc) is 3.12. The SMILES string of the molecule is O=C1[C@H]2[C@@H](C(=O)N1c1ccccc1I)[C@@]1(CO)C=C[C@H]2O1. The van der Waals surface area contributed by atoms with Crippen molar-refractivity contribution in [2.45, 2.75) is 11.7 Å². The van der Waals surface area contributed by atoms with Crippen LogP contribution in [0.2, 0.25) is 0 Å². The first-order valence-electron chi connectivity index (χ1n) is 6.69. The van der Waals surface area contributed by atoms with Crippen molar-refractivity contribution in [2.75, 3.05) is 11.5 Å². The third kappa shape index (κ3) is 1.58. The van der Waals surface area contributed by atoms with E-state index in [4.69, 9.17) is 4.74 Å². The Hall–Kier alpha value is -1.25. The normalized spacial score (nSPS) is 36.7. The third-order valence-corrected chi connectivity index (χ3v) is 5.41. The van der Waals surface area contributed by atoms with Gasteiger partial charge in [0.15, 0.2) is 0 Å². The van der Waals surface area contributed by atoms with Gasteiger partial charge in [-0.05, 0) is 34.7 Å². The van der Waals surface area contributed by atoms with Gasteiger partial charge in [-0.1, -0.05) is 24.3 Å². The van der Waals surface area contributed by atoms with Crippen molar-refractivity contribution in [1.82, 2.24) is 0 Å². The van der Waals surface area contributed by atoms with Crippen molar-refractivity contribution in [1.29, 1.82) is 0 Å². The molecule has 3 aliphatic heterocycles. The molecule has 6 heteroatoms. The Morgan fingerprint density at radius 3 is 2.76 bits per heavy atom. The fourth-order valence-corrected chi connectivity index (χ4v) is 4.18. The molecule has 0 unspecified atom stereocenters. The van der Waals surface area contributed by atoms with Crippen molar-refractivity contribution < 1.29 is 19.4 Å². The number of para-hydroxylation sites is 1. The quantitative estimate of drug-likeness (QED) is 0.461. The highest BCUT2D eigenvalue weighted by Gasteiger charge is 2.67. The molecular weight excluding hydrogens is 385 g/mol. The molecule has 1 aromatic carbocycles. The lowest BCUT2D eigenvalue weighted by Crippen LogP contribution is -2.43. The molecule has 108 valence electrons. The lowest BCUT2D eigenvalue weighted by molar-refractivity contribution is -0.128. The Morgan fingerprint density at radius 2 is 2.05 bits per heavy atom. The summed E-state index contributed by atoms with van der Waals surface area (Å²) in [6, 6.07) is 7.29. The van der Waals surface area contributed by atoms with Crippen LogP contribution in [0.5, 0.6) is 0 Å². The van der Waals surface area contributed by atoms with Crippen molar-refractivity contribution >= 4 is 40.1 Å². The third-order valence-electron chi connectivity index (χ3n) is 4.50. The molecule has 2 saturated heterocycles. The van der Waals surface area contributed by atoms with E-state index in [-0.39, 0.29) is 18.4 Å². The molecule has 5 nitrogen and oxygen atoms in total. The van der Waals surface area contributed by atoms with E-state index in [1.54, 1.807) is 24.3 Å². The Kier molecular flexibility index (Phi) is 2.79. The summed E-state index contributed by atoms with van der Waals surface area (Å²) in [4.78, 5) is 26.7. The topological polar surface area (TPSA) is 66.8 Å². The number of hydrogen-bond donors (Lipinski definition) is 1. The minimum Gasteiger partial charge on any atom is -0.393 e. The van der Waals surface area contributed by atoms with E-state index in [1.807, 2.05) is 12.1 Å². The number of amides is 2. The van der Waals surface area contributed by atoms with Gasteiger partial charge in [0.05, 0.1) is 30.2 Å². The van der Waals surface area contributed by atoms with Crippen LogP contribution in [-0.4, -0.2) is 35.2 Å². The first-order chi connectivity index (χ1) is 10.1. The summed E-state index contributed by atoms with van der Waals surface area (Å²) >= 11 is 2.11. The Balaban J connectivity index is 1.81. The molecule has 0 saturated carbocycles. The van der Waals surface area contributed by atoms with E-state index in [2.05, 4.69) is 22.6 Å². The number of rotatable bonds is 2. The summed E-state index contributed by atoms with van der Waals surface area (Å²) in [5.74, 6) is -1.67. The predicted molar refractivity (Wildman–Crippen MR) is 82.5 cm³/mol. The first-order valence-corrected chi connectivity index (χ1v) is 7.77. The molecule has 2 bridgehead atoms. The number of fused-ring (bicyclic) bond motifs is 5. The highest BCUT2D eigenvalue weighted by atomic mass is 127. The average molecular weight is 397 g/mol. The van der Waals surface area contributed by atoms with Crippen LogP contribution in [-0.2, 0) is 14.3 Å². The van der Waals surface area contributed by atoms with E-state index < -0.39 is 23.5 Å². The fourth-order valence-electron chi connectivity index (χ4n) is 3.55. The van der Waals surface area contributed by atoms with Gasteiger partial charge in [-0.15, -0.1) is 0 Å². The summed E-state index contributed by atoms with van der Waals surface area (Å²) in [5.41, 5.74) is -0.424. The summed E-state index contributed by atoms with van der Waals surface area (Å²) in [6.07, 6.45) is 3.09. The Morgan fingerprint density at radius 1 is 1.29 bits per heavy atom. The number of hydrogen-bond acceptors (Lipinski definition) is 4. The van der Waals surface area contributed by atoms with Crippen LogP contribution < -0.4 is 4.90 Å². The number of nitrogens with zero attached hydrogens (tertiary/aromatic N) is 1. The van der Waals surface area contributed by atoms with Gasteiger partial charge in [0.2, 0.25) is 11.8 Å². The van der Waals surface area contributed by atoms with Gasteiger partial charge in [0.25, 0.3) is 0 Å². The second-order valence-corrected chi connectivity index (χ2v) is 6.68. The highest BCUT2D eigenvalue weighted by molar-refractivity contribution is 14.1. The number of anilines is 1. The first kappa shape index (κ1) is 13.4. The molecule has 4 atom stereocenters. The van der Waals surface area contributed by atoms with Crippen LogP contribution >= 0.6 is 22.6 Å². The Bertz CT molecular complexity index is 688. The van der Waals surface area contributed by atoms with E-state index >= 15 is 0 Å². The van der Waals surface area contributed by atoms with Crippen LogP contribution in [0, 0.1) is 15.4 Å². The number of imide groups is 1. The van der Waals surface area contributed by atoms with E-state index in [9.17, 15) is 14.7 Å². The van der Waals surface area contributed by atoms with E-state index in [0.717, 1.165) is 3.57 Å². The molecule has 3 aliphatic rings. The highest BCUT2D eigenvalue weighted by Crippen LogP contribution is 2.52. The minimum atomic E-state index is -1.03. The van der Waals surface area contributed by atoms with E-state index in [1.165, 1.54) is 4.90 Å². The molecule has 1 aromatic rings. The monoisotopic (exact) mass is 397 g/mol. The van der Waals surface area contributed by atoms with E-state index in [0.29, 0.717) is 5.69 Å². The predicted octanol–water partition coefficient (Wildman–Crippen LogP) is 1.10. The van der Waals surface area contributed by atoms with Gasteiger partial charge in [0.1, 0.15) is 5.60 Å². The zero-order chi connectivity index (χ0) is 14.8. The summed E-state index contributed by atoms with van der Waals surface area (Å²) in [7, 11) is 0. The molecule has 4 rings (SSSR count). The number of halogens is 1. The molecule has 1 N–H and O–H groups in total. The van der Waals surface area contributed by atoms with Crippen LogP contribution in [0.4, 0.5) is 5.69 Å². The standard InChI is InChI=1S/C15H12INO4/c16-8-3-1-2-4-9(8)17-13(19)11-10-5-6-15(7-18,21-10)12(11)14(17)20/h1-6,10-12,18H,7H2/t10-,11-,12+,15+/m1/s1. The maximum Gasteiger partial charge on any atom is 0.241 e. The lowest BCUT2D eigenvalue weighted by atomic mass is 9.77. The van der Waals surface area contributed by atoms with Crippen molar-refractivity contribution in [3.05, 3.63) is 40.0 Å². The number of carbonyl (C=O) groups is 2. The van der Waals surface area contributed by atoms with Gasteiger partial charge < -0.3 is 9.84 Å². The molecular formula is C15H12INO4. The smallest absolute Gasteiger partial charge is 0.241 e. The lowest BCUT2D eigenvalue weighted by Gasteiger charge is -2.26. The molecule has 0 aromatic heterocycles. The second kappa shape index (κ2) is 4.37. The summed E-state index contributed by atoms with van der Waals surface area (Å²) in [6.45, 7) is -0.292. The molecule has 0 radical (unpaired) electrons. The van der Waals surface area contributed by atoms with Crippen molar-refractivity contribution in [3.8, 4) is 0 Å². The largest absolute Gasteiger partial charge is 0.393 e. The van der Waals surface area contributed by atoms with Gasteiger partial charge >= 0.3 is 0 Å². The maximum atomic E-state index is 12.8. The summed E-state index contributed by atoms with van der Waals surface area (Å²) in [5, 5.41) is 9.65. The number of aliphatic hydroxyl groups excluding tert-OH is 1. The number of carbonyl (C=O) groups excluding carboxylic acids is 2. The second-order valence-electron chi connectivity index (χ2n) is 5.52. The molecule has 2 fully saturated rings. The Labute approximate surface area is 134 Å². The molecule has 2 amide bonds. The van der Waals surface area contributed by atoms with Gasteiger partial charge in [-0.2, -0.15) is 0 Å².